The summed E-state index contributed by atoms with van der Waals surface area (Å²) in [7, 11) is 0. The molecule has 0 spiro atoms. The van der Waals surface area contributed by atoms with Crippen molar-refractivity contribution in [1.82, 2.24) is 10.1 Å². The number of likely N-dealkylation sites (tertiary alicyclic amines) is 1. The standard InChI is InChI=1S/C20H26N4O2/c1-14-11-16(24-10-7-17(13-24)23-8-3-4-9-23)5-6-18(14)21-20(25)19-12-15(2)22-26-19/h5-6,11-12,17H,3-4,7-10,13H2,1-2H3,(H,21,25). The quantitative estimate of drug-likeness (QED) is 0.913. The monoisotopic (exact) mass is 354 g/mol. The maximum absolute atomic E-state index is 12.2. The number of nitrogens with zero attached hydrogens (tertiary/aromatic N) is 3. The van der Waals surface area contributed by atoms with E-state index in [1.807, 2.05) is 13.0 Å². The van der Waals surface area contributed by atoms with Crippen LogP contribution < -0.4 is 10.2 Å². The fraction of sp³-hybridized carbons (Fsp3) is 0.500. The van der Waals surface area contributed by atoms with Crippen molar-refractivity contribution in [2.24, 2.45) is 0 Å². The predicted molar refractivity (Wildman–Crippen MR) is 102 cm³/mol. The van der Waals surface area contributed by atoms with Crippen molar-refractivity contribution in [2.75, 3.05) is 36.4 Å². The fourth-order valence-electron chi connectivity index (χ4n) is 4.02. The molecule has 0 aliphatic carbocycles. The van der Waals surface area contributed by atoms with E-state index >= 15 is 0 Å². The molecule has 1 amide bonds. The molecular formula is C20H26N4O2. The summed E-state index contributed by atoms with van der Waals surface area (Å²) in [6.07, 6.45) is 3.92. The van der Waals surface area contributed by atoms with Crippen molar-refractivity contribution >= 4 is 17.3 Å². The number of aryl methyl sites for hydroxylation is 2. The lowest BCUT2D eigenvalue weighted by molar-refractivity contribution is 0.0988. The average molecular weight is 354 g/mol. The zero-order valence-electron chi connectivity index (χ0n) is 15.5. The molecule has 1 atom stereocenters. The molecule has 26 heavy (non-hydrogen) atoms. The molecule has 2 aromatic rings. The highest BCUT2D eigenvalue weighted by atomic mass is 16.5. The maximum Gasteiger partial charge on any atom is 0.294 e. The van der Waals surface area contributed by atoms with Crippen LogP contribution in [0.3, 0.4) is 0 Å². The normalized spacial score (nSPS) is 20.7. The third-order valence-electron chi connectivity index (χ3n) is 5.50. The van der Waals surface area contributed by atoms with Crippen LogP contribution in [0.15, 0.2) is 28.8 Å². The molecule has 138 valence electrons. The van der Waals surface area contributed by atoms with Gasteiger partial charge < -0.3 is 14.7 Å². The SMILES string of the molecule is Cc1cc(C(=O)Nc2ccc(N3CCC(N4CCCC4)C3)cc2C)on1. The molecule has 3 heterocycles. The molecule has 0 saturated carbocycles. The molecule has 4 rings (SSSR count). The van der Waals surface area contributed by atoms with Gasteiger partial charge in [0, 0.05) is 36.6 Å². The van der Waals surface area contributed by atoms with Gasteiger partial charge in [-0.1, -0.05) is 5.16 Å². The Morgan fingerprint density at radius 1 is 1.19 bits per heavy atom. The van der Waals surface area contributed by atoms with E-state index in [0.717, 1.165) is 24.3 Å². The summed E-state index contributed by atoms with van der Waals surface area (Å²) in [6.45, 7) is 8.53. The second-order valence-corrected chi connectivity index (χ2v) is 7.42. The van der Waals surface area contributed by atoms with Crippen LogP contribution in [0, 0.1) is 13.8 Å². The summed E-state index contributed by atoms with van der Waals surface area (Å²) < 4.78 is 5.03. The van der Waals surface area contributed by atoms with Gasteiger partial charge in [-0.15, -0.1) is 0 Å². The van der Waals surface area contributed by atoms with Gasteiger partial charge in [0.2, 0.25) is 5.76 Å². The van der Waals surface area contributed by atoms with E-state index in [1.165, 1.54) is 38.0 Å². The second kappa shape index (κ2) is 7.11. The lowest BCUT2D eigenvalue weighted by Gasteiger charge is -2.25. The van der Waals surface area contributed by atoms with E-state index in [1.54, 1.807) is 13.0 Å². The largest absolute Gasteiger partial charge is 0.370 e. The third-order valence-corrected chi connectivity index (χ3v) is 5.50. The van der Waals surface area contributed by atoms with Gasteiger partial charge in [0.25, 0.3) is 5.91 Å². The lowest BCUT2D eigenvalue weighted by Crippen LogP contribution is -2.35. The fourth-order valence-corrected chi connectivity index (χ4v) is 4.02. The minimum absolute atomic E-state index is 0.235. The van der Waals surface area contributed by atoms with E-state index < -0.39 is 0 Å². The number of anilines is 2. The first-order chi connectivity index (χ1) is 12.6. The highest BCUT2D eigenvalue weighted by Gasteiger charge is 2.29. The molecule has 1 unspecified atom stereocenters. The molecule has 1 N–H and O–H groups in total. The zero-order valence-corrected chi connectivity index (χ0v) is 15.5. The summed E-state index contributed by atoms with van der Waals surface area (Å²) in [5, 5.41) is 6.67. The van der Waals surface area contributed by atoms with E-state index in [4.69, 9.17) is 4.52 Å². The number of hydrogen-bond donors (Lipinski definition) is 1. The van der Waals surface area contributed by atoms with Gasteiger partial charge in [-0.2, -0.15) is 0 Å². The van der Waals surface area contributed by atoms with Crippen LogP contribution in [0.1, 0.15) is 41.1 Å². The summed E-state index contributed by atoms with van der Waals surface area (Å²) in [5.41, 5.74) is 3.79. The summed E-state index contributed by atoms with van der Waals surface area (Å²) in [4.78, 5) is 17.3. The molecule has 2 saturated heterocycles. The highest BCUT2D eigenvalue weighted by Crippen LogP contribution is 2.28. The first kappa shape index (κ1) is 17.1. The molecule has 6 nitrogen and oxygen atoms in total. The van der Waals surface area contributed by atoms with Crippen LogP contribution in [-0.2, 0) is 0 Å². The highest BCUT2D eigenvalue weighted by molar-refractivity contribution is 6.02. The van der Waals surface area contributed by atoms with E-state index in [9.17, 15) is 4.79 Å². The van der Waals surface area contributed by atoms with E-state index in [2.05, 4.69) is 32.4 Å². The Morgan fingerprint density at radius 2 is 2.00 bits per heavy atom. The number of carbonyl (C=O) groups is 1. The van der Waals surface area contributed by atoms with Crippen LogP contribution >= 0.6 is 0 Å². The minimum atomic E-state index is -0.267. The van der Waals surface area contributed by atoms with Gasteiger partial charge in [0.1, 0.15) is 0 Å². The van der Waals surface area contributed by atoms with Crippen LogP contribution in [0.4, 0.5) is 11.4 Å². The number of hydrogen-bond acceptors (Lipinski definition) is 5. The van der Waals surface area contributed by atoms with E-state index in [-0.39, 0.29) is 11.7 Å². The molecule has 6 heteroatoms. The Hall–Kier alpha value is -2.34. The Bertz CT molecular complexity index is 795. The average Bonchev–Trinajstić information content (AvgIpc) is 3.37. The predicted octanol–water partition coefficient (Wildman–Crippen LogP) is 3.22. The number of rotatable bonds is 4. The third kappa shape index (κ3) is 3.46. The topological polar surface area (TPSA) is 61.6 Å². The summed E-state index contributed by atoms with van der Waals surface area (Å²) >= 11 is 0. The molecule has 0 bridgehead atoms. The Morgan fingerprint density at radius 3 is 2.69 bits per heavy atom. The number of benzene rings is 1. The Kier molecular flexibility index (Phi) is 4.68. The number of nitrogens with one attached hydrogen (secondary N) is 1. The second-order valence-electron chi connectivity index (χ2n) is 7.42. The minimum Gasteiger partial charge on any atom is -0.370 e. The smallest absolute Gasteiger partial charge is 0.294 e. The first-order valence-corrected chi connectivity index (χ1v) is 9.44. The molecule has 1 aromatic carbocycles. The van der Waals surface area contributed by atoms with Crippen molar-refractivity contribution in [3.05, 3.63) is 41.3 Å². The van der Waals surface area contributed by atoms with Crippen molar-refractivity contribution < 1.29 is 9.32 Å². The van der Waals surface area contributed by atoms with Crippen molar-refractivity contribution in [3.8, 4) is 0 Å². The molecule has 0 radical (unpaired) electrons. The van der Waals surface area contributed by atoms with Crippen LogP contribution in [0.2, 0.25) is 0 Å². The van der Waals surface area contributed by atoms with Crippen molar-refractivity contribution in [1.29, 1.82) is 0 Å². The van der Waals surface area contributed by atoms with Gasteiger partial charge in [-0.3, -0.25) is 9.69 Å². The van der Waals surface area contributed by atoms with Gasteiger partial charge in [0.05, 0.1) is 5.69 Å². The number of aromatic nitrogens is 1. The molecular weight excluding hydrogens is 328 g/mol. The summed E-state index contributed by atoms with van der Waals surface area (Å²) in [6, 6.07) is 8.57. The summed E-state index contributed by atoms with van der Waals surface area (Å²) in [5.74, 6) is -0.0318. The Labute approximate surface area is 154 Å². The molecule has 1 aromatic heterocycles. The number of carbonyl (C=O) groups excluding carboxylic acids is 1. The van der Waals surface area contributed by atoms with Crippen molar-refractivity contribution in [3.63, 3.8) is 0 Å². The maximum atomic E-state index is 12.2. The van der Waals surface area contributed by atoms with Crippen LogP contribution in [0.5, 0.6) is 0 Å². The molecule has 2 fully saturated rings. The molecule has 2 aliphatic heterocycles. The van der Waals surface area contributed by atoms with Gasteiger partial charge in [0.15, 0.2) is 0 Å². The van der Waals surface area contributed by atoms with Gasteiger partial charge >= 0.3 is 0 Å². The van der Waals surface area contributed by atoms with Crippen LogP contribution in [-0.4, -0.2) is 48.2 Å². The van der Waals surface area contributed by atoms with Gasteiger partial charge in [-0.05, 0) is 70.0 Å². The zero-order chi connectivity index (χ0) is 18.1. The molecule has 2 aliphatic rings. The Balaban J connectivity index is 1.42. The van der Waals surface area contributed by atoms with E-state index in [0.29, 0.717) is 11.7 Å². The van der Waals surface area contributed by atoms with Crippen molar-refractivity contribution in [2.45, 2.75) is 39.2 Å². The van der Waals surface area contributed by atoms with Gasteiger partial charge in [-0.25, -0.2) is 0 Å². The lowest BCUT2D eigenvalue weighted by atomic mass is 10.1. The number of amides is 1. The van der Waals surface area contributed by atoms with Crippen LogP contribution in [0.25, 0.3) is 0 Å². The first-order valence-electron chi connectivity index (χ1n) is 9.44.